The highest BCUT2D eigenvalue weighted by Crippen LogP contribution is 2.21. The summed E-state index contributed by atoms with van der Waals surface area (Å²) in [5, 5.41) is 7.68. The van der Waals surface area contributed by atoms with Crippen molar-refractivity contribution in [2.75, 3.05) is 5.73 Å². The fourth-order valence-electron chi connectivity index (χ4n) is 3.44. The minimum Gasteiger partial charge on any atom is -0.398 e. The summed E-state index contributed by atoms with van der Waals surface area (Å²) in [4.78, 5) is 25.9. The first-order valence-electron chi connectivity index (χ1n) is 10.3. The zero-order valence-corrected chi connectivity index (χ0v) is 17.4. The molecule has 0 unspecified atom stereocenters. The molecule has 158 valence electrons. The summed E-state index contributed by atoms with van der Waals surface area (Å²) in [6, 6.07) is 29.9. The van der Waals surface area contributed by atoms with Crippen molar-refractivity contribution in [2.24, 2.45) is 0 Å². The van der Waals surface area contributed by atoms with Crippen LogP contribution in [0.2, 0.25) is 0 Å². The topological polar surface area (TPSA) is 84.2 Å². The summed E-state index contributed by atoms with van der Waals surface area (Å²) in [6.07, 6.45) is 1.70. The average molecular weight is 422 g/mol. The third kappa shape index (κ3) is 4.84. The lowest BCUT2D eigenvalue weighted by atomic mass is 10.0. The smallest absolute Gasteiger partial charge is 0.268 e. The highest BCUT2D eigenvalue weighted by Gasteiger charge is 2.15. The second-order valence-electron chi connectivity index (χ2n) is 7.33. The molecule has 0 aliphatic rings. The van der Waals surface area contributed by atoms with Crippen LogP contribution < -0.4 is 16.4 Å². The van der Waals surface area contributed by atoms with Crippen molar-refractivity contribution >= 4 is 34.4 Å². The van der Waals surface area contributed by atoms with Gasteiger partial charge in [-0.15, -0.1) is 0 Å². The Morgan fingerprint density at radius 3 is 2.28 bits per heavy atom. The number of nitrogen functional groups attached to an aromatic ring is 1. The van der Waals surface area contributed by atoms with Gasteiger partial charge in [0.05, 0.1) is 0 Å². The summed E-state index contributed by atoms with van der Waals surface area (Å²) >= 11 is 0. The first-order valence-corrected chi connectivity index (χ1v) is 10.3. The van der Waals surface area contributed by atoms with E-state index in [1.807, 2.05) is 66.7 Å². The number of carbonyl (C=O) groups excluding carboxylic acids is 2. The van der Waals surface area contributed by atoms with Crippen molar-refractivity contribution in [1.29, 1.82) is 0 Å². The van der Waals surface area contributed by atoms with Crippen LogP contribution in [0.3, 0.4) is 0 Å². The molecule has 4 N–H and O–H groups in total. The van der Waals surface area contributed by atoms with Crippen molar-refractivity contribution in [3.8, 4) is 0 Å². The molecule has 5 heteroatoms. The van der Waals surface area contributed by atoms with Gasteiger partial charge in [0.25, 0.3) is 11.8 Å². The summed E-state index contributed by atoms with van der Waals surface area (Å²) in [5.74, 6) is -0.753. The maximum absolute atomic E-state index is 13.1. The average Bonchev–Trinajstić information content (AvgIpc) is 2.83. The Morgan fingerprint density at radius 1 is 0.781 bits per heavy atom. The normalized spacial score (nSPS) is 11.2. The van der Waals surface area contributed by atoms with E-state index in [1.54, 1.807) is 36.4 Å². The Kier molecular flexibility index (Phi) is 6.28. The summed E-state index contributed by atoms with van der Waals surface area (Å²) < 4.78 is 0. The van der Waals surface area contributed by atoms with E-state index in [4.69, 9.17) is 5.73 Å². The van der Waals surface area contributed by atoms with Gasteiger partial charge in [-0.1, -0.05) is 78.9 Å². The van der Waals surface area contributed by atoms with Crippen LogP contribution >= 0.6 is 0 Å². The van der Waals surface area contributed by atoms with Gasteiger partial charge in [-0.25, -0.2) is 0 Å². The molecule has 4 aromatic rings. The van der Waals surface area contributed by atoms with Gasteiger partial charge in [0.1, 0.15) is 5.70 Å². The van der Waals surface area contributed by atoms with Gasteiger partial charge in [0.2, 0.25) is 0 Å². The Morgan fingerprint density at radius 2 is 1.47 bits per heavy atom. The summed E-state index contributed by atoms with van der Waals surface area (Å²) in [7, 11) is 0. The number of nitrogens with two attached hydrogens (primary N) is 1. The largest absolute Gasteiger partial charge is 0.398 e. The number of hydrogen-bond donors (Lipinski definition) is 3. The summed E-state index contributed by atoms with van der Waals surface area (Å²) in [6.45, 7) is 0.250. The van der Waals surface area contributed by atoms with Gasteiger partial charge < -0.3 is 16.4 Å². The lowest BCUT2D eigenvalue weighted by Crippen LogP contribution is -2.34. The number of nitrogens with one attached hydrogen (secondary N) is 2. The van der Waals surface area contributed by atoms with Gasteiger partial charge in [0.15, 0.2) is 0 Å². The van der Waals surface area contributed by atoms with Crippen molar-refractivity contribution < 1.29 is 9.59 Å². The van der Waals surface area contributed by atoms with E-state index in [-0.39, 0.29) is 18.1 Å². The van der Waals surface area contributed by atoms with E-state index in [0.29, 0.717) is 11.3 Å². The Balaban J connectivity index is 1.65. The second-order valence-corrected chi connectivity index (χ2v) is 7.33. The molecule has 0 saturated carbocycles. The maximum atomic E-state index is 13.1. The van der Waals surface area contributed by atoms with Crippen LogP contribution in [-0.4, -0.2) is 11.8 Å². The van der Waals surface area contributed by atoms with Gasteiger partial charge in [-0.2, -0.15) is 0 Å². The molecule has 0 fully saturated rings. The molecule has 0 saturated heterocycles. The number of fused-ring (bicyclic) bond motifs is 1. The molecule has 32 heavy (non-hydrogen) atoms. The highest BCUT2D eigenvalue weighted by atomic mass is 16.2. The third-order valence-corrected chi connectivity index (χ3v) is 5.15. The fraction of sp³-hybridized carbons (Fsp3) is 0.0370. The van der Waals surface area contributed by atoms with Gasteiger partial charge in [0, 0.05) is 17.8 Å². The quantitative estimate of drug-likeness (QED) is 0.316. The van der Waals surface area contributed by atoms with Crippen LogP contribution in [0.15, 0.2) is 103 Å². The fourth-order valence-corrected chi connectivity index (χ4v) is 3.44. The SMILES string of the molecule is Nc1ccccc1CNC(=O)/C(=C/c1cccc2ccccc12)NC(=O)c1ccccc1. The lowest BCUT2D eigenvalue weighted by molar-refractivity contribution is -0.117. The number of para-hydroxylation sites is 1. The van der Waals surface area contributed by atoms with Crippen LogP contribution in [-0.2, 0) is 11.3 Å². The second kappa shape index (κ2) is 9.62. The predicted octanol–water partition coefficient (Wildman–Crippen LogP) is 4.51. The number of rotatable bonds is 6. The van der Waals surface area contributed by atoms with Gasteiger partial charge >= 0.3 is 0 Å². The minimum absolute atomic E-state index is 0.157. The molecule has 4 aromatic carbocycles. The van der Waals surface area contributed by atoms with Crippen molar-refractivity contribution in [2.45, 2.75) is 6.54 Å². The van der Waals surface area contributed by atoms with Crippen LogP contribution in [0.4, 0.5) is 5.69 Å². The molecule has 0 aliphatic heterocycles. The Labute approximate surface area is 186 Å². The van der Waals surface area contributed by atoms with Crippen LogP contribution in [0, 0.1) is 0 Å². The van der Waals surface area contributed by atoms with Crippen molar-refractivity contribution in [3.05, 3.63) is 119 Å². The van der Waals surface area contributed by atoms with Gasteiger partial charge in [-0.3, -0.25) is 9.59 Å². The number of amides is 2. The van der Waals surface area contributed by atoms with Gasteiger partial charge in [-0.05, 0) is 46.2 Å². The van der Waals surface area contributed by atoms with E-state index in [1.165, 1.54) is 0 Å². The van der Waals surface area contributed by atoms with E-state index >= 15 is 0 Å². The Hall–Kier alpha value is -4.38. The van der Waals surface area contributed by atoms with E-state index in [2.05, 4.69) is 10.6 Å². The predicted molar refractivity (Wildman–Crippen MR) is 129 cm³/mol. The molecule has 0 atom stereocenters. The standard InChI is InChI=1S/C27H23N3O2/c28-24-16-7-5-12-22(24)18-29-27(32)25(30-26(31)20-10-2-1-3-11-20)17-21-14-8-13-19-9-4-6-15-23(19)21/h1-17H,18,28H2,(H,29,32)(H,30,31)/b25-17-. The zero-order chi connectivity index (χ0) is 22.3. The number of carbonyl (C=O) groups is 2. The highest BCUT2D eigenvalue weighted by molar-refractivity contribution is 6.06. The van der Waals surface area contributed by atoms with Crippen LogP contribution in [0.1, 0.15) is 21.5 Å². The molecule has 0 radical (unpaired) electrons. The minimum atomic E-state index is -0.398. The first kappa shape index (κ1) is 20.9. The van der Waals surface area contributed by atoms with Crippen LogP contribution in [0.25, 0.3) is 16.8 Å². The molecule has 0 heterocycles. The summed E-state index contributed by atoms with van der Waals surface area (Å²) in [5.41, 5.74) is 8.85. The molecule has 0 aromatic heterocycles. The van der Waals surface area contributed by atoms with Crippen molar-refractivity contribution in [3.63, 3.8) is 0 Å². The molecule has 0 bridgehead atoms. The molecule has 5 nitrogen and oxygen atoms in total. The third-order valence-electron chi connectivity index (χ3n) is 5.15. The Bertz CT molecular complexity index is 1290. The number of benzene rings is 4. The van der Waals surface area contributed by atoms with E-state index in [0.717, 1.165) is 21.9 Å². The van der Waals surface area contributed by atoms with E-state index < -0.39 is 5.91 Å². The monoisotopic (exact) mass is 421 g/mol. The van der Waals surface area contributed by atoms with Crippen LogP contribution in [0.5, 0.6) is 0 Å². The van der Waals surface area contributed by atoms with E-state index in [9.17, 15) is 9.59 Å². The molecule has 0 aliphatic carbocycles. The molecule has 0 spiro atoms. The zero-order valence-electron chi connectivity index (χ0n) is 17.4. The first-order chi connectivity index (χ1) is 15.6. The number of hydrogen-bond acceptors (Lipinski definition) is 3. The molecular formula is C27H23N3O2. The molecular weight excluding hydrogens is 398 g/mol. The van der Waals surface area contributed by atoms with Crippen molar-refractivity contribution in [1.82, 2.24) is 10.6 Å². The lowest BCUT2D eigenvalue weighted by Gasteiger charge is -2.13. The molecule has 2 amide bonds. The number of anilines is 1. The maximum Gasteiger partial charge on any atom is 0.268 e. The molecule has 4 rings (SSSR count).